The Labute approximate surface area is 124 Å². The van der Waals surface area contributed by atoms with Crippen LogP contribution in [0.1, 0.15) is 25.3 Å². The molecule has 1 saturated heterocycles. The molecule has 1 unspecified atom stereocenters. The lowest BCUT2D eigenvalue weighted by molar-refractivity contribution is 0.0386. The average molecular weight is 319 g/mol. The highest BCUT2D eigenvalue weighted by atomic mass is 35.5. The Hall–Kier alpha value is -0.660. The van der Waals surface area contributed by atoms with Gasteiger partial charge in [0.25, 0.3) is 0 Å². The molecular formula is C13H19ClN2O3S. The Morgan fingerprint density at radius 1 is 1.50 bits per heavy atom. The first-order chi connectivity index (χ1) is 9.36. The van der Waals surface area contributed by atoms with Gasteiger partial charge < -0.3 is 10.5 Å². The van der Waals surface area contributed by atoms with Crippen molar-refractivity contribution in [1.29, 1.82) is 0 Å². The van der Waals surface area contributed by atoms with Crippen molar-refractivity contribution in [3.63, 3.8) is 0 Å². The van der Waals surface area contributed by atoms with Crippen LogP contribution in [-0.2, 0) is 21.3 Å². The number of halogens is 1. The minimum atomic E-state index is -3.61. The minimum absolute atomic E-state index is 0.175. The van der Waals surface area contributed by atoms with Gasteiger partial charge in [0.1, 0.15) is 0 Å². The standard InChI is InChI=1S/C13H19ClN2O3S/c1-13(5-2-6-19-9-13)16-20(17,18)11-3-4-12(14)10(7-11)8-15/h3-4,7,16H,2,5-6,8-9,15H2,1H3. The van der Waals surface area contributed by atoms with E-state index >= 15 is 0 Å². The Morgan fingerprint density at radius 2 is 2.25 bits per heavy atom. The average Bonchev–Trinajstić information content (AvgIpc) is 2.38. The predicted molar refractivity (Wildman–Crippen MR) is 78.1 cm³/mol. The maximum atomic E-state index is 12.4. The number of nitrogens with one attached hydrogen (secondary N) is 1. The van der Waals surface area contributed by atoms with Crippen molar-refractivity contribution in [3.8, 4) is 0 Å². The molecule has 1 aliphatic heterocycles. The van der Waals surface area contributed by atoms with Gasteiger partial charge in [0, 0.05) is 18.2 Å². The molecule has 1 aromatic rings. The summed E-state index contributed by atoms with van der Waals surface area (Å²) >= 11 is 5.95. The summed E-state index contributed by atoms with van der Waals surface area (Å²) < 4.78 is 33.0. The van der Waals surface area contributed by atoms with E-state index < -0.39 is 15.6 Å². The van der Waals surface area contributed by atoms with Gasteiger partial charge in [-0.2, -0.15) is 0 Å². The lowest BCUT2D eigenvalue weighted by Gasteiger charge is -2.33. The molecule has 7 heteroatoms. The zero-order chi connectivity index (χ0) is 14.8. The molecule has 20 heavy (non-hydrogen) atoms. The van der Waals surface area contributed by atoms with Crippen molar-refractivity contribution in [2.45, 2.75) is 36.7 Å². The summed E-state index contributed by atoms with van der Waals surface area (Å²) in [5, 5.41) is 0.471. The van der Waals surface area contributed by atoms with Crippen LogP contribution >= 0.6 is 11.6 Å². The molecule has 0 aromatic heterocycles. The molecule has 3 N–H and O–H groups in total. The molecule has 2 rings (SSSR count). The lowest BCUT2D eigenvalue weighted by atomic mass is 9.97. The first-order valence-electron chi connectivity index (χ1n) is 6.46. The quantitative estimate of drug-likeness (QED) is 0.884. The fraction of sp³-hybridized carbons (Fsp3) is 0.538. The summed E-state index contributed by atoms with van der Waals surface area (Å²) in [5.74, 6) is 0. The Bertz CT molecular complexity index is 583. The summed E-state index contributed by atoms with van der Waals surface area (Å²) in [6.07, 6.45) is 1.59. The molecule has 1 fully saturated rings. The van der Waals surface area contributed by atoms with E-state index in [0.29, 0.717) is 23.8 Å². The first kappa shape index (κ1) is 15.7. The van der Waals surface area contributed by atoms with Gasteiger partial charge in [-0.05, 0) is 43.5 Å². The van der Waals surface area contributed by atoms with Crippen LogP contribution in [0.2, 0.25) is 5.02 Å². The topological polar surface area (TPSA) is 81.4 Å². The minimum Gasteiger partial charge on any atom is -0.380 e. The Balaban J connectivity index is 2.26. The van der Waals surface area contributed by atoms with Crippen LogP contribution in [-0.4, -0.2) is 27.2 Å². The van der Waals surface area contributed by atoms with Crippen molar-refractivity contribution in [3.05, 3.63) is 28.8 Å². The molecule has 0 spiro atoms. The monoisotopic (exact) mass is 318 g/mol. The van der Waals surface area contributed by atoms with Gasteiger partial charge >= 0.3 is 0 Å². The van der Waals surface area contributed by atoms with Gasteiger partial charge in [0.15, 0.2) is 0 Å². The molecule has 1 heterocycles. The molecule has 1 aromatic carbocycles. The van der Waals surface area contributed by atoms with Gasteiger partial charge in [0.05, 0.1) is 17.0 Å². The summed E-state index contributed by atoms with van der Waals surface area (Å²) in [7, 11) is -3.61. The maximum Gasteiger partial charge on any atom is 0.241 e. The Morgan fingerprint density at radius 3 is 2.85 bits per heavy atom. The van der Waals surface area contributed by atoms with Gasteiger partial charge in [-0.1, -0.05) is 11.6 Å². The lowest BCUT2D eigenvalue weighted by Crippen LogP contribution is -2.51. The van der Waals surface area contributed by atoms with Crippen molar-refractivity contribution in [1.82, 2.24) is 4.72 Å². The summed E-state index contributed by atoms with van der Waals surface area (Å²) in [4.78, 5) is 0.175. The van der Waals surface area contributed by atoms with Crippen LogP contribution in [0.15, 0.2) is 23.1 Å². The number of hydrogen-bond acceptors (Lipinski definition) is 4. The fourth-order valence-electron chi connectivity index (χ4n) is 2.27. The Kier molecular flexibility index (Phi) is 4.71. The molecule has 0 amide bonds. The fourth-order valence-corrected chi connectivity index (χ4v) is 3.94. The number of rotatable bonds is 4. The van der Waals surface area contributed by atoms with Gasteiger partial charge in [0.2, 0.25) is 10.0 Å². The normalized spacial score (nSPS) is 23.8. The van der Waals surface area contributed by atoms with E-state index in [1.165, 1.54) is 12.1 Å². The SMILES string of the molecule is CC1(NS(=O)(=O)c2ccc(Cl)c(CN)c2)CCCOC1. The van der Waals surface area contributed by atoms with Crippen LogP contribution in [0.4, 0.5) is 0 Å². The van der Waals surface area contributed by atoms with E-state index in [-0.39, 0.29) is 11.4 Å². The van der Waals surface area contributed by atoms with E-state index in [9.17, 15) is 8.42 Å². The zero-order valence-electron chi connectivity index (χ0n) is 11.4. The maximum absolute atomic E-state index is 12.4. The summed E-state index contributed by atoms with van der Waals surface area (Å²) in [6, 6.07) is 4.55. The van der Waals surface area contributed by atoms with Crippen molar-refractivity contribution < 1.29 is 13.2 Å². The molecule has 1 atom stereocenters. The summed E-state index contributed by atoms with van der Waals surface area (Å²) in [6.45, 7) is 3.10. The highest BCUT2D eigenvalue weighted by Gasteiger charge is 2.33. The van der Waals surface area contributed by atoms with E-state index in [2.05, 4.69) is 4.72 Å². The number of hydrogen-bond donors (Lipinski definition) is 2. The number of sulfonamides is 1. The molecule has 5 nitrogen and oxygen atoms in total. The second-order valence-corrected chi connectivity index (χ2v) is 7.37. The second-order valence-electron chi connectivity index (χ2n) is 5.28. The van der Waals surface area contributed by atoms with E-state index in [1.807, 2.05) is 6.92 Å². The van der Waals surface area contributed by atoms with Gasteiger partial charge in [-0.15, -0.1) is 0 Å². The van der Waals surface area contributed by atoms with E-state index in [4.69, 9.17) is 22.1 Å². The molecule has 1 aliphatic rings. The molecule has 0 bridgehead atoms. The molecule has 112 valence electrons. The number of ether oxygens (including phenoxy) is 1. The van der Waals surface area contributed by atoms with Crippen LogP contribution in [0, 0.1) is 0 Å². The molecule has 0 saturated carbocycles. The highest BCUT2D eigenvalue weighted by Crippen LogP contribution is 2.24. The highest BCUT2D eigenvalue weighted by molar-refractivity contribution is 7.89. The van der Waals surface area contributed by atoms with Gasteiger partial charge in [-0.25, -0.2) is 13.1 Å². The van der Waals surface area contributed by atoms with E-state index in [1.54, 1.807) is 6.07 Å². The van der Waals surface area contributed by atoms with E-state index in [0.717, 1.165) is 12.8 Å². The number of benzene rings is 1. The second kappa shape index (κ2) is 5.99. The van der Waals surface area contributed by atoms with Crippen LogP contribution in [0.5, 0.6) is 0 Å². The zero-order valence-corrected chi connectivity index (χ0v) is 12.9. The van der Waals surface area contributed by atoms with Crippen molar-refractivity contribution in [2.75, 3.05) is 13.2 Å². The van der Waals surface area contributed by atoms with Crippen LogP contribution in [0.25, 0.3) is 0 Å². The predicted octanol–water partition coefficient (Wildman–Crippen LogP) is 1.65. The number of nitrogens with two attached hydrogens (primary N) is 1. The summed E-state index contributed by atoms with van der Waals surface area (Å²) in [5.41, 5.74) is 5.59. The van der Waals surface area contributed by atoms with Crippen LogP contribution < -0.4 is 10.5 Å². The third-order valence-corrected chi connectivity index (χ3v) is 5.37. The smallest absolute Gasteiger partial charge is 0.241 e. The third-order valence-electron chi connectivity index (χ3n) is 3.37. The van der Waals surface area contributed by atoms with Crippen molar-refractivity contribution >= 4 is 21.6 Å². The largest absolute Gasteiger partial charge is 0.380 e. The molecule has 0 radical (unpaired) electrons. The van der Waals surface area contributed by atoms with Gasteiger partial charge in [-0.3, -0.25) is 0 Å². The van der Waals surface area contributed by atoms with Crippen LogP contribution in [0.3, 0.4) is 0 Å². The van der Waals surface area contributed by atoms with Crippen molar-refractivity contribution in [2.24, 2.45) is 5.73 Å². The first-order valence-corrected chi connectivity index (χ1v) is 8.33. The molecule has 0 aliphatic carbocycles. The molecular weight excluding hydrogens is 300 g/mol. The third kappa shape index (κ3) is 3.51.